The smallest absolute Gasteiger partial charge is 0.323 e. The second-order valence-corrected chi connectivity index (χ2v) is 7.22. The van der Waals surface area contributed by atoms with Crippen LogP contribution in [0.25, 0.3) is 0 Å². The van der Waals surface area contributed by atoms with Gasteiger partial charge in [-0.2, -0.15) is 0 Å². The van der Waals surface area contributed by atoms with E-state index in [1.165, 1.54) is 32.8 Å². The van der Waals surface area contributed by atoms with Crippen molar-refractivity contribution >= 4 is 5.97 Å². The van der Waals surface area contributed by atoms with Crippen LogP contribution in [-0.2, 0) is 16.1 Å². The summed E-state index contributed by atoms with van der Waals surface area (Å²) >= 11 is 0. The number of rotatable bonds is 4. The predicted octanol–water partition coefficient (Wildman–Crippen LogP) is 2.64. The van der Waals surface area contributed by atoms with Crippen LogP contribution in [0.4, 0.5) is 0 Å². The summed E-state index contributed by atoms with van der Waals surface area (Å²) < 4.78 is 10.9. The highest BCUT2D eigenvalue weighted by atomic mass is 16.5. The van der Waals surface area contributed by atoms with E-state index in [0.717, 1.165) is 31.6 Å². The quantitative estimate of drug-likeness (QED) is 0.795. The molecule has 1 aliphatic heterocycles. The van der Waals surface area contributed by atoms with Crippen molar-refractivity contribution < 1.29 is 13.9 Å². The molecular weight excluding hydrogens is 294 g/mol. The number of esters is 1. The van der Waals surface area contributed by atoms with Gasteiger partial charge in [-0.25, -0.2) is 0 Å². The molecule has 6 nitrogen and oxygen atoms in total. The van der Waals surface area contributed by atoms with Gasteiger partial charge in [-0.05, 0) is 38.0 Å². The van der Waals surface area contributed by atoms with E-state index < -0.39 is 0 Å². The normalized spacial score (nSPS) is 31.6. The van der Waals surface area contributed by atoms with Crippen LogP contribution in [-0.4, -0.2) is 40.3 Å². The van der Waals surface area contributed by atoms with Crippen molar-refractivity contribution in [3.05, 3.63) is 11.8 Å². The summed E-state index contributed by atoms with van der Waals surface area (Å²) in [6.45, 7) is 0.570. The standard InChI is InChI=1S/C17H25N3O3/c1-22-17(21)14-9-12-5-2-3-8-13(12)20(14)10-15-18-19-16(23-15)11-6-4-7-11/h11-14H,2-10H2,1H3/t12-,13+,14+/m1/s1. The molecule has 3 fully saturated rings. The molecule has 0 aromatic carbocycles. The average Bonchev–Trinajstić information content (AvgIpc) is 3.11. The molecular formula is C17H25N3O3. The number of carbonyl (C=O) groups is 1. The van der Waals surface area contributed by atoms with Crippen molar-refractivity contribution in [2.45, 2.75) is 75.9 Å². The Morgan fingerprint density at radius 2 is 2.04 bits per heavy atom. The van der Waals surface area contributed by atoms with Gasteiger partial charge in [-0.3, -0.25) is 9.69 Å². The fourth-order valence-electron chi connectivity index (χ4n) is 4.45. The summed E-state index contributed by atoms with van der Waals surface area (Å²) in [7, 11) is 1.48. The molecule has 0 unspecified atom stereocenters. The molecule has 0 N–H and O–H groups in total. The van der Waals surface area contributed by atoms with E-state index in [9.17, 15) is 4.79 Å². The maximum atomic E-state index is 12.2. The first-order valence-electron chi connectivity index (χ1n) is 8.92. The van der Waals surface area contributed by atoms with Crippen molar-refractivity contribution in [1.29, 1.82) is 0 Å². The van der Waals surface area contributed by atoms with Crippen LogP contribution >= 0.6 is 0 Å². The number of nitrogens with zero attached hydrogens (tertiary/aromatic N) is 3. The van der Waals surface area contributed by atoms with Crippen molar-refractivity contribution in [3.63, 3.8) is 0 Å². The topological polar surface area (TPSA) is 68.5 Å². The highest BCUT2D eigenvalue weighted by molar-refractivity contribution is 5.76. The molecule has 2 saturated carbocycles. The minimum absolute atomic E-state index is 0.127. The van der Waals surface area contributed by atoms with Crippen molar-refractivity contribution in [1.82, 2.24) is 15.1 Å². The molecule has 1 saturated heterocycles. The number of aromatic nitrogens is 2. The van der Waals surface area contributed by atoms with Crippen molar-refractivity contribution in [2.75, 3.05) is 7.11 Å². The van der Waals surface area contributed by atoms with E-state index in [0.29, 0.717) is 30.3 Å². The van der Waals surface area contributed by atoms with Crippen molar-refractivity contribution in [3.8, 4) is 0 Å². The van der Waals surface area contributed by atoms with Gasteiger partial charge in [-0.15, -0.1) is 10.2 Å². The van der Waals surface area contributed by atoms with Crippen LogP contribution in [0.5, 0.6) is 0 Å². The lowest BCUT2D eigenvalue weighted by Crippen LogP contribution is -2.42. The Hall–Kier alpha value is -1.43. The minimum atomic E-state index is -0.160. The molecule has 1 aromatic rings. The van der Waals surface area contributed by atoms with Crippen LogP contribution in [0.15, 0.2) is 4.42 Å². The van der Waals surface area contributed by atoms with Gasteiger partial charge in [0.2, 0.25) is 11.8 Å². The van der Waals surface area contributed by atoms with E-state index in [2.05, 4.69) is 15.1 Å². The Morgan fingerprint density at radius 3 is 2.78 bits per heavy atom. The third-order valence-corrected chi connectivity index (χ3v) is 5.95. The van der Waals surface area contributed by atoms with Crippen LogP contribution in [0.2, 0.25) is 0 Å². The maximum Gasteiger partial charge on any atom is 0.323 e. The Kier molecular flexibility index (Phi) is 4.09. The number of carbonyl (C=O) groups excluding carboxylic acids is 1. The van der Waals surface area contributed by atoms with Crippen LogP contribution in [0, 0.1) is 5.92 Å². The first-order valence-corrected chi connectivity index (χ1v) is 8.92. The van der Waals surface area contributed by atoms with E-state index in [1.54, 1.807) is 0 Å². The first kappa shape index (κ1) is 15.1. The maximum absolute atomic E-state index is 12.2. The zero-order chi connectivity index (χ0) is 15.8. The Morgan fingerprint density at radius 1 is 1.22 bits per heavy atom. The molecule has 0 bridgehead atoms. The van der Waals surface area contributed by atoms with Crippen LogP contribution in [0.3, 0.4) is 0 Å². The molecule has 1 aromatic heterocycles. The zero-order valence-corrected chi connectivity index (χ0v) is 13.7. The monoisotopic (exact) mass is 319 g/mol. The highest BCUT2D eigenvalue weighted by Crippen LogP contribution is 2.41. The second-order valence-electron chi connectivity index (χ2n) is 7.22. The fourth-order valence-corrected chi connectivity index (χ4v) is 4.45. The Labute approximate surface area is 136 Å². The van der Waals surface area contributed by atoms with Gasteiger partial charge < -0.3 is 9.15 Å². The molecule has 3 atom stereocenters. The van der Waals surface area contributed by atoms with E-state index in [-0.39, 0.29) is 12.0 Å². The molecule has 3 aliphatic rings. The number of likely N-dealkylation sites (tertiary alicyclic amines) is 1. The summed E-state index contributed by atoms with van der Waals surface area (Å²) in [6, 6.07) is 0.291. The zero-order valence-electron chi connectivity index (χ0n) is 13.7. The number of hydrogen-bond donors (Lipinski definition) is 0. The summed E-state index contributed by atoms with van der Waals surface area (Å²) in [6.07, 6.45) is 9.34. The van der Waals surface area contributed by atoms with Crippen LogP contribution in [0.1, 0.15) is 69.1 Å². The third-order valence-electron chi connectivity index (χ3n) is 5.95. The van der Waals surface area contributed by atoms with E-state index >= 15 is 0 Å². The largest absolute Gasteiger partial charge is 0.468 e. The summed E-state index contributed by atoms with van der Waals surface area (Å²) in [5.74, 6) is 2.35. The van der Waals surface area contributed by atoms with Gasteiger partial charge in [0, 0.05) is 12.0 Å². The Balaban J connectivity index is 1.51. The number of fused-ring (bicyclic) bond motifs is 1. The second kappa shape index (κ2) is 6.23. The molecule has 6 heteroatoms. The fraction of sp³-hybridized carbons (Fsp3) is 0.824. The van der Waals surface area contributed by atoms with Gasteiger partial charge >= 0.3 is 5.97 Å². The number of ether oxygens (including phenoxy) is 1. The lowest BCUT2D eigenvalue weighted by atomic mass is 9.85. The summed E-state index contributed by atoms with van der Waals surface area (Å²) in [5.41, 5.74) is 0. The number of hydrogen-bond acceptors (Lipinski definition) is 6. The van der Waals surface area contributed by atoms with E-state index in [1.807, 2.05) is 0 Å². The average molecular weight is 319 g/mol. The summed E-state index contributed by atoms with van der Waals surface area (Å²) in [5, 5.41) is 8.44. The van der Waals surface area contributed by atoms with Gasteiger partial charge in [0.1, 0.15) is 6.04 Å². The molecule has 4 rings (SSSR count). The SMILES string of the molecule is COC(=O)[C@@H]1C[C@H]2CCCC[C@@H]2N1Cc1nnc(C2CCC2)o1. The van der Waals surface area contributed by atoms with Gasteiger partial charge in [-0.1, -0.05) is 19.3 Å². The lowest BCUT2D eigenvalue weighted by molar-refractivity contribution is -0.146. The van der Waals surface area contributed by atoms with Gasteiger partial charge in [0.05, 0.1) is 13.7 Å². The van der Waals surface area contributed by atoms with E-state index in [4.69, 9.17) is 9.15 Å². The molecule has 23 heavy (non-hydrogen) atoms. The number of methoxy groups -OCH3 is 1. The minimum Gasteiger partial charge on any atom is -0.468 e. The molecule has 2 aliphatic carbocycles. The van der Waals surface area contributed by atoms with Crippen LogP contribution < -0.4 is 0 Å². The Bertz CT molecular complexity index is 569. The van der Waals surface area contributed by atoms with Gasteiger partial charge in [0.25, 0.3) is 0 Å². The molecule has 126 valence electrons. The molecule has 0 radical (unpaired) electrons. The summed E-state index contributed by atoms with van der Waals surface area (Å²) in [4.78, 5) is 14.5. The van der Waals surface area contributed by atoms with Crippen molar-refractivity contribution in [2.24, 2.45) is 5.92 Å². The third kappa shape index (κ3) is 2.77. The highest BCUT2D eigenvalue weighted by Gasteiger charge is 2.46. The van der Waals surface area contributed by atoms with Gasteiger partial charge in [0.15, 0.2) is 0 Å². The predicted molar refractivity (Wildman–Crippen MR) is 82.6 cm³/mol. The molecule has 2 heterocycles. The lowest BCUT2D eigenvalue weighted by Gasteiger charge is -2.32. The first-order chi connectivity index (χ1) is 11.3. The molecule has 0 spiro atoms. The molecule has 0 amide bonds.